The molecule has 5 nitrogen and oxygen atoms in total. The molecule has 0 spiro atoms. The highest BCUT2D eigenvalue weighted by molar-refractivity contribution is 7.90. The standard InChI is InChI=1S/C15H21N3O2S/c1-4-12-9-13(18(2)17-12)10-15(16)11-6-5-7-14(8-11)21(3,19)20/h5-9,15H,4,10,16H2,1-3H3. The Hall–Kier alpha value is -1.66. The third kappa shape index (κ3) is 3.71. The van der Waals surface area contributed by atoms with Gasteiger partial charge in [0.2, 0.25) is 0 Å². The van der Waals surface area contributed by atoms with Crippen molar-refractivity contribution in [3.63, 3.8) is 0 Å². The molecule has 1 aromatic heterocycles. The molecular weight excluding hydrogens is 286 g/mol. The van der Waals surface area contributed by atoms with Crippen molar-refractivity contribution in [2.45, 2.75) is 30.7 Å². The van der Waals surface area contributed by atoms with Gasteiger partial charge in [-0.25, -0.2) is 8.42 Å². The number of aromatic nitrogens is 2. The fourth-order valence-electron chi connectivity index (χ4n) is 2.25. The molecule has 0 saturated carbocycles. The van der Waals surface area contributed by atoms with Crippen LogP contribution < -0.4 is 5.73 Å². The molecule has 2 N–H and O–H groups in total. The van der Waals surface area contributed by atoms with Crippen LogP contribution in [0.4, 0.5) is 0 Å². The summed E-state index contributed by atoms with van der Waals surface area (Å²) in [7, 11) is -1.32. The summed E-state index contributed by atoms with van der Waals surface area (Å²) in [6.07, 6.45) is 2.70. The first-order chi connectivity index (χ1) is 9.81. The molecule has 2 aromatic rings. The van der Waals surface area contributed by atoms with E-state index in [4.69, 9.17) is 5.73 Å². The molecule has 1 atom stereocenters. The van der Waals surface area contributed by atoms with Crippen molar-refractivity contribution in [1.82, 2.24) is 9.78 Å². The van der Waals surface area contributed by atoms with Gasteiger partial charge in [0.05, 0.1) is 10.6 Å². The predicted octanol–water partition coefficient (Wildman–Crippen LogP) is 1.63. The van der Waals surface area contributed by atoms with Crippen molar-refractivity contribution in [2.75, 3.05) is 6.26 Å². The number of aryl methyl sites for hydroxylation is 2. The number of rotatable bonds is 5. The van der Waals surface area contributed by atoms with Gasteiger partial charge in [-0.15, -0.1) is 0 Å². The summed E-state index contributed by atoms with van der Waals surface area (Å²) in [5.41, 5.74) is 9.12. The molecule has 0 aliphatic heterocycles. The fraction of sp³-hybridized carbons (Fsp3) is 0.400. The lowest BCUT2D eigenvalue weighted by molar-refractivity contribution is 0.601. The predicted molar refractivity (Wildman–Crippen MR) is 82.8 cm³/mol. The van der Waals surface area contributed by atoms with Gasteiger partial charge >= 0.3 is 0 Å². The first kappa shape index (κ1) is 15.7. The van der Waals surface area contributed by atoms with Crippen LogP contribution in [-0.4, -0.2) is 24.5 Å². The second-order valence-corrected chi connectivity index (χ2v) is 7.28. The number of hydrogen-bond acceptors (Lipinski definition) is 4. The zero-order valence-electron chi connectivity index (χ0n) is 12.6. The van der Waals surface area contributed by atoms with E-state index >= 15 is 0 Å². The van der Waals surface area contributed by atoms with E-state index in [1.807, 2.05) is 23.9 Å². The van der Waals surface area contributed by atoms with Crippen LogP contribution in [0.5, 0.6) is 0 Å². The van der Waals surface area contributed by atoms with E-state index in [0.717, 1.165) is 23.4 Å². The maximum absolute atomic E-state index is 11.6. The molecule has 0 saturated heterocycles. The van der Waals surface area contributed by atoms with Crippen LogP contribution in [0, 0.1) is 0 Å². The number of nitrogens with zero attached hydrogens (tertiary/aromatic N) is 2. The Morgan fingerprint density at radius 3 is 2.62 bits per heavy atom. The third-order valence-electron chi connectivity index (χ3n) is 3.53. The smallest absolute Gasteiger partial charge is 0.175 e. The van der Waals surface area contributed by atoms with Crippen molar-refractivity contribution in [1.29, 1.82) is 0 Å². The SMILES string of the molecule is CCc1cc(CC(N)c2cccc(S(C)(=O)=O)c2)n(C)n1. The van der Waals surface area contributed by atoms with Crippen LogP contribution >= 0.6 is 0 Å². The van der Waals surface area contributed by atoms with Crippen LogP contribution in [0.15, 0.2) is 35.2 Å². The van der Waals surface area contributed by atoms with Gasteiger partial charge < -0.3 is 5.73 Å². The number of sulfone groups is 1. The lowest BCUT2D eigenvalue weighted by atomic mass is 10.0. The molecule has 0 aliphatic carbocycles. The second-order valence-electron chi connectivity index (χ2n) is 5.26. The lowest BCUT2D eigenvalue weighted by Crippen LogP contribution is -2.16. The number of hydrogen-bond donors (Lipinski definition) is 1. The first-order valence-corrected chi connectivity index (χ1v) is 8.77. The Kier molecular flexibility index (Phi) is 4.49. The molecule has 1 heterocycles. The van der Waals surface area contributed by atoms with Gasteiger partial charge in [-0.05, 0) is 30.2 Å². The molecular formula is C15H21N3O2S. The van der Waals surface area contributed by atoms with Crippen molar-refractivity contribution in [3.05, 3.63) is 47.3 Å². The minimum atomic E-state index is -3.21. The van der Waals surface area contributed by atoms with Gasteiger partial charge in [-0.2, -0.15) is 5.10 Å². The van der Waals surface area contributed by atoms with E-state index in [0.29, 0.717) is 11.3 Å². The summed E-state index contributed by atoms with van der Waals surface area (Å²) in [6, 6.07) is 8.61. The van der Waals surface area contributed by atoms with Gasteiger partial charge in [-0.3, -0.25) is 4.68 Å². The zero-order chi connectivity index (χ0) is 15.6. The largest absolute Gasteiger partial charge is 0.324 e. The van der Waals surface area contributed by atoms with Crippen LogP contribution in [0.25, 0.3) is 0 Å². The molecule has 0 bridgehead atoms. The highest BCUT2D eigenvalue weighted by atomic mass is 32.2. The highest BCUT2D eigenvalue weighted by Gasteiger charge is 2.14. The Morgan fingerprint density at radius 1 is 1.33 bits per heavy atom. The minimum Gasteiger partial charge on any atom is -0.324 e. The Morgan fingerprint density at radius 2 is 2.05 bits per heavy atom. The van der Waals surface area contributed by atoms with E-state index in [2.05, 4.69) is 12.0 Å². The molecule has 1 aromatic carbocycles. The van der Waals surface area contributed by atoms with Crippen LogP contribution in [0.2, 0.25) is 0 Å². The Bertz CT molecular complexity index is 735. The molecule has 0 radical (unpaired) electrons. The van der Waals surface area contributed by atoms with E-state index in [1.165, 1.54) is 6.26 Å². The number of nitrogens with two attached hydrogens (primary N) is 1. The molecule has 114 valence electrons. The van der Waals surface area contributed by atoms with Crippen LogP contribution in [-0.2, 0) is 29.7 Å². The summed E-state index contributed by atoms with van der Waals surface area (Å²) in [5.74, 6) is 0. The monoisotopic (exact) mass is 307 g/mol. The quantitative estimate of drug-likeness (QED) is 0.910. The molecule has 0 aliphatic rings. The van der Waals surface area contributed by atoms with Gasteiger partial charge in [-0.1, -0.05) is 19.1 Å². The first-order valence-electron chi connectivity index (χ1n) is 6.88. The molecule has 0 fully saturated rings. The minimum absolute atomic E-state index is 0.258. The number of benzene rings is 1. The lowest BCUT2D eigenvalue weighted by Gasteiger charge is -2.13. The normalized spacial score (nSPS) is 13.3. The van der Waals surface area contributed by atoms with E-state index in [1.54, 1.807) is 18.2 Å². The van der Waals surface area contributed by atoms with Crippen molar-refractivity contribution in [3.8, 4) is 0 Å². The van der Waals surface area contributed by atoms with Crippen LogP contribution in [0.3, 0.4) is 0 Å². The fourth-order valence-corrected chi connectivity index (χ4v) is 2.93. The van der Waals surface area contributed by atoms with E-state index in [-0.39, 0.29) is 6.04 Å². The van der Waals surface area contributed by atoms with Crippen molar-refractivity contribution >= 4 is 9.84 Å². The average Bonchev–Trinajstić information content (AvgIpc) is 2.78. The molecule has 2 rings (SSSR count). The molecule has 0 amide bonds. The maximum atomic E-state index is 11.6. The van der Waals surface area contributed by atoms with Gasteiger partial charge in [0.1, 0.15) is 0 Å². The van der Waals surface area contributed by atoms with Crippen LogP contribution in [0.1, 0.15) is 29.9 Å². The van der Waals surface area contributed by atoms with Crippen molar-refractivity contribution in [2.24, 2.45) is 12.8 Å². The molecule has 21 heavy (non-hydrogen) atoms. The van der Waals surface area contributed by atoms with Crippen molar-refractivity contribution < 1.29 is 8.42 Å². The summed E-state index contributed by atoms with van der Waals surface area (Å²) in [4.78, 5) is 0.301. The Balaban J connectivity index is 2.24. The summed E-state index contributed by atoms with van der Waals surface area (Å²) >= 11 is 0. The molecule has 1 unspecified atom stereocenters. The summed E-state index contributed by atoms with van der Waals surface area (Å²) < 4.78 is 25.0. The van der Waals surface area contributed by atoms with Gasteiger partial charge in [0.25, 0.3) is 0 Å². The topological polar surface area (TPSA) is 78.0 Å². The second kappa shape index (κ2) is 5.99. The Labute approximate surface area is 125 Å². The zero-order valence-corrected chi connectivity index (χ0v) is 13.4. The highest BCUT2D eigenvalue weighted by Crippen LogP contribution is 2.20. The maximum Gasteiger partial charge on any atom is 0.175 e. The third-order valence-corrected chi connectivity index (χ3v) is 4.64. The van der Waals surface area contributed by atoms with Gasteiger partial charge in [0, 0.05) is 31.5 Å². The average molecular weight is 307 g/mol. The molecule has 6 heteroatoms. The van der Waals surface area contributed by atoms with Gasteiger partial charge in [0.15, 0.2) is 9.84 Å². The van der Waals surface area contributed by atoms with E-state index < -0.39 is 9.84 Å². The van der Waals surface area contributed by atoms with E-state index in [9.17, 15) is 8.42 Å². The summed E-state index contributed by atoms with van der Waals surface area (Å²) in [5, 5.41) is 4.40. The summed E-state index contributed by atoms with van der Waals surface area (Å²) in [6.45, 7) is 2.06.